The summed E-state index contributed by atoms with van der Waals surface area (Å²) in [7, 11) is -0.108. The second kappa shape index (κ2) is 7.85. The highest BCUT2D eigenvalue weighted by Crippen LogP contribution is 2.33. The van der Waals surface area contributed by atoms with Crippen LogP contribution in [-0.4, -0.2) is 33.9 Å². The third-order valence-corrected chi connectivity index (χ3v) is 4.99. The van der Waals surface area contributed by atoms with E-state index in [0.717, 1.165) is 28.3 Å². The van der Waals surface area contributed by atoms with E-state index in [1.54, 1.807) is 26.4 Å². The number of rotatable bonds is 7. The number of sulfonamides is 1. The number of hydrogen-bond acceptors (Lipinski definition) is 7. The predicted molar refractivity (Wildman–Crippen MR) is 109 cm³/mol. The minimum atomic E-state index is -3.29. The molecule has 3 aromatic rings. The van der Waals surface area contributed by atoms with Gasteiger partial charge in [0.05, 0.1) is 26.2 Å². The largest absolute Gasteiger partial charge is 0.493 e. The van der Waals surface area contributed by atoms with Crippen LogP contribution >= 0.6 is 11.3 Å². The molecule has 0 spiro atoms. The van der Waals surface area contributed by atoms with Crippen molar-refractivity contribution in [1.82, 2.24) is 4.98 Å². The molecule has 0 radical (unpaired) electrons. The molecule has 2 aromatic carbocycles. The second-order valence-corrected chi connectivity index (χ2v) is 8.29. The van der Waals surface area contributed by atoms with Gasteiger partial charge in [-0.05, 0) is 24.3 Å². The number of anilines is 3. The van der Waals surface area contributed by atoms with Crippen LogP contribution in [0.3, 0.4) is 0 Å². The standard InChI is InChI=1S/C18H19N3O4S2/c1-24-16-9-8-14(10-17(16)25-2)19-18-20-15(11-26-18)12-4-6-13(7-5-12)21-27(3,22)23/h4-11,21H,1-3H3,(H,19,20). The van der Waals surface area contributed by atoms with Gasteiger partial charge in [0.25, 0.3) is 0 Å². The third kappa shape index (κ3) is 4.89. The van der Waals surface area contributed by atoms with Gasteiger partial charge in [-0.2, -0.15) is 0 Å². The first-order valence-corrected chi connectivity index (χ1v) is 10.7. The minimum Gasteiger partial charge on any atom is -0.493 e. The monoisotopic (exact) mass is 405 g/mol. The SMILES string of the molecule is COc1ccc(Nc2nc(-c3ccc(NS(C)(=O)=O)cc3)cs2)cc1OC. The Balaban J connectivity index is 1.75. The number of ether oxygens (including phenoxy) is 2. The van der Waals surface area contributed by atoms with Crippen molar-refractivity contribution >= 4 is 37.9 Å². The Morgan fingerprint density at radius 3 is 2.26 bits per heavy atom. The van der Waals surface area contributed by atoms with Crippen LogP contribution in [-0.2, 0) is 10.0 Å². The fraction of sp³-hybridized carbons (Fsp3) is 0.167. The molecule has 1 heterocycles. The van der Waals surface area contributed by atoms with E-state index in [1.807, 2.05) is 35.7 Å². The minimum absolute atomic E-state index is 0.514. The Bertz CT molecular complexity index is 1030. The summed E-state index contributed by atoms with van der Waals surface area (Å²) in [6.07, 6.45) is 1.12. The molecule has 0 unspecified atom stereocenters. The van der Waals surface area contributed by atoms with E-state index in [0.29, 0.717) is 17.2 Å². The second-order valence-electron chi connectivity index (χ2n) is 5.68. The number of benzene rings is 2. The molecule has 0 saturated carbocycles. The molecule has 0 fully saturated rings. The molecule has 142 valence electrons. The van der Waals surface area contributed by atoms with E-state index in [-0.39, 0.29) is 0 Å². The van der Waals surface area contributed by atoms with Crippen molar-refractivity contribution in [3.8, 4) is 22.8 Å². The number of hydrogen-bond donors (Lipinski definition) is 2. The lowest BCUT2D eigenvalue weighted by Gasteiger charge is -2.09. The molecular weight excluding hydrogens is 386 g/mol. The molecular formula is C18H19N3O4S2. The van der Waals surface area contributed by atoms with Crippen molar-refractivity contribution in [3.63, 3.8) is 0 Å². The van der Waals surface area contributed by atoms with Crippen LogP contribution in [0.4, 0.5) is 16.5 Å². The van der Waals surface area contributed by atoms with Crippen molar-refractivity contribution in [2.45, 2.75) is 0 Å². The molecule has 0 aliphatic heterocycles. The molecule has 0 atom stereocenters. The number of methoxy groups -OCH3 is 2. The Morgan fingerprint density at radius 2 is 1.63 bits per heavy atom. The quantitative estimate of drug-likeness (QED) is 0.619. The van der Waals surface area contributed by atoms with Crippen LogP contribution < -0.4 is 19.5 Å². The van der Waals surface area contributed by atoms with Crippen LogP contribution in [0.5, 0.6) is 11.5 Å². The molecule has 0 aliphatic carbocycles. The van der Waals surface area contributed by atoms with Crippen molar-refractivity contribution in [1.29, 1.82) is 0 Å². The number of nitrogens with zero attached hydrogens (tertiary/aromatic N) is 1. The predicted octanol–water partition coefficient (Wildman–Crippen LogP) is 3.94. The molecule has 1 aromatic heterocycles. The lowest BCUT2D eigenvalue weighted by Crippen LogP contribution is -2.09. The first kappa shape index (κ1) is 19.0. The van der Waals surface area contributed by atoms with Gasteiger partial charge in [-0.25, -0.2) is 13.4 Å². The van der Waals surface area contributed by atoms with Gasteiger partial charge in [0.1, 0.15) is 0 Å². The zero-order chi connectivity index (χ0) is 19.4. The molecule has 0 aliphatic rings. The van der Waals surface area contributed by atoms with E-state index < -0.39 is 10.0 Å². The maximum atomic E-state index is 11.3. The average molecular weight is 406 g/mol. The van der Waals surface area contributed by atoms with Crippen LogP contribution in [0, 0.1) is 0 Å². The van der Waals surface area contributed by atoms with Crippen molar-refractivity contribution < 1.29 is 17.9 Å². The van der Waals surface area contributed by atoms with Gasteiger partial charge in [-0.15, -0.1) is 11.3 Å². The molecule has 0 bridgehead atoms. The fourth-order valence-electron chi connectivity index (χ4n) is 2.42. The van der Waals surface area contributed by atoms with Crippen LogP contribution in [0.15, 0.2) is 47.8 Å². The lowest BCUT2D eigenvalue weighted by atomic mass is 10.1. The summed E-state index contributed by atoms with van der Waals surface area (Å²) in [6.45, 7) is 0. The van der Waals surface area contributed by atoms with Gasteiger partial charge in [0.2, 0.25) is 10.0 Å². The summed E-state index contributed by atoms with van der Waals surface area (Å²) in [5, 5.41) is 5.91. The van der Waals surface area contributed by atoms with Gasteiger partial charge in [-0.1, -0.05) is 12.1 Å². The van der Waals surface area contributed by atoms with Gasteiger partial charge in [0.15, 0.2) is 16.6 Å². The molecule has 27 heavy (non-hydrogen) atoms. The highest BCUT2D eigenvalue weighted by molar-refractivity contribution is 7.92. The smallest absolute Gasteiger partial charge is 0.229 e. The lowest BCUT2D eigenvalue weighted by molar-refractivity contribution is 0.355. The van der Waals surface area contributed by atoms with E-state index in [4.69, 9.17) is 9.47 Å². The first-order valence-electron chi connectivity index (χ1n) is 7.91. The van der Waals surface area contributed by atoms with Gasteiger partial charge in [-0.3, -0.25) is 4.72 Å². The van der Waals surface area contributed by atoms with Crippen LogP contribution in [0.25, 0.3) is 11.3 Å². The maximum absolute atomic E-state index is 11.3. The molecule has 2 N–H and O–H groups in total. The topological polar surface area (TPSA) is 89.5 Å². The molecule has 0 amide bonds. The molecule has 9 heteroatoms. The van der Waals surface area contributed by atoms with Gasteiger partial charge < -0.3 is 14.8 Å². The van der Waals surface area contributed by atoms with Crippen LogP contribution in [0.1, 0.15) is 0 Å². The van der Waals surface area contributed by atoms with E-state index in [1.165, 1.54) is 11.3 Å². The summed E-state index contributed by atoms with van der Waals surface area (Å²) >= 11 is 1.47. The van der Waals surface area contributed by atoms with E-state index in [9.17, 15) is 8.42 Å². The van der Waals surface area contributed by atoms with Crippen LogP contribution in [0.2, 0.25) is 0 Å². The summed E-state index contributed by atoms with van der Waals surface area (Å²) in [4.78, 5) is 4.57. The van der Waals surface area contributed by atoms with E-state index in [2.05, 4.69) is 15.0 Å². The summed E-state index contributed by atoms with van der Waals surface area (Å²) in [6, 6.07) is 12.6. The molecule has 3 rings (SSSR count). The van der Waals surface area contributed by atoms with E-state index >= 15 is 0 Å². The zero-order valence-corrected chi connectivity index (χ0v) is 16.6. The molecule has 0 saturated heterocycles. The van der Waals surface area contributed by atoms with Crippen molar-refractivity contribution in [2.24, 2.45) is 0 Å². The van der Waals surface area contributed by atoms with Crippen molar-refractivity contribution in [2.75, 3.05) is 30.5 Å². The number of thiazole rings is 1. The number of nitrogens with one attached hydrogen (secondary N) is 2. The summed E-state index contributed by atoms with van der Waals surface area (Å²) < 4.78 is 35.5. The summed E-state index contributed by atoms with van der Waals surface area (Å²) in [5.74, 6) is 1.29. The Kier molecular flexibility index (Phi) is 5.52. The molecule has 7 nitrogen and oxygen atoms in total. The first-order chi connectivity index (χ1) is 12.9. The van der Waals surface area contributed by atoms with Crippen molar-refractivity contribution in [3.05, 3.63) is 47.8 Å². The van der Waals surface area contributed by atoms with Gasteiger partial charge in [0, 0.05) is 28.4 Å². The average Bonchev–Trinajstić information content (AvgIpc) is 3.09. The third-order valence-electron chi connectivity index (χ3n) is 3.62. The Morgan fingerprint density at radius 1 is 0.963 bits per heavy atom. The Labute approximate surface area is 162 Å². The normalized spacial score (nSPS) is 11.1. The fourth-order valence-corrected chi connectivity index (χ4v) is 3.73. The van der Waals surface area contributed by atoms with Gasteiger partial charge >= 0.3 is 0 Å². The highest BCUT2D eigenvalue weighted by Gasteiger charge is 2.09. The zero-order valence-electron chi connectivity index (χ0n) is 15.0. The maximum Gasteiger partial charge on any atom is 0.229 e. The number of aromatic nitrogens is 1. The summed E-state index contributed by atoms with van der Waals surface area (Å²) in [5.41, 5.74) is 3.04. The Hall–Kier alpha value is -2.78. The highest BCUT2D eigenvalue weighted by atomic mass is 32.2.